The van der Waals surface area contributed by atoms with Gasteiger partial charge in [0, 0.05) is 0 Å². The molecule has 2 aromatic rings. The van der Waals surface area contributed by atoms with Crippen molar-refractivity contribution in [1.82, 2.24) is 0 Å². The van der Waals surface area contributed by atoms with E-state index in [1.807, 2.05) is 48.5 Å². The van der Waals surface area contributed by atoms with Gasteiger partial charge in [-0.3, -0.25) is 0 Å². The van der Waals surface area contributed by atoms with E-state index >= 15 is 0 Å². The Morgan fingerprint density at radius 3 is 0.923 bits per heavy atom. The van der Waals surface area contributed by atoms with E-state index in [-0.39, 0.29) is 16.5 Å². The van der Waals surface area contributed by atoms with E-state index in [4.69, 9.17) is 0 Å². The van der Waals surface area contributed by atoms with E-state index in [1.165, 1.54) is 0 Å². The van der Waals surface area contributed by atoms with Crippen LogP contribution in [-0.2, 0) is 16.5 Å². The van der Waals surface area contributed by atoms with E-state index in [1.54, 1.807) is 0 Å². The summed E-state index contributed by atoms with van der Waals surface area (Å²) in [6.45, 7) is 0. The molecule has 0 N–H and O–H groups in total. The SMILES string of the molecule is Br[c-]1cccc1.Br[c-]1cccc1.[Ni+2]. The fraction of sp³-hybridized carbons (Fsp3) is 0. The van der Waals surface area contributed by atoms with Gasteiger partial charge in [0.2, 0.25) is 0 Å². The van der Waals surface area contributed by atoms with Crippen LogP contribution in [0.5, 0.6) is 0 Å². The third kappa shape index (κ3) is 6.25. The first-order valence-electron chi connectivity index (χ1n) is 3.53. The molecule has 72 valence electrons. The molecule has 3 heteroatoms. The van der Waals surface area contributed by atoms with E-state index in [0.29, 0.717) is 0 Å². The number of halogens is 2. The van der Waals surface area contributed by atoms with Gasteiger partial charge in [-0.2, -0.15) is 24.3 Å². The van der Waals surface area contributed by atoms with Crippen LogP contribution in [0.4, 0.5) is 0 Å². The summed E-state index contributed by atoms with van der Waals surface area (Å²) in [6, 6.07) is 16.0. The minimum Gasteiger partial charge on any atom is -0.213 e. The normalized spacial score (nSPS) is 8.15. The average molecular weight is 347 g/mol. The molecule has 0 amide bonds. The molecule has 2 rings (SSSR count). The Morgan fingerprint density at radius 1 is 0.615 bits per heavy atom. The predicted octanol–water partition coefficient (Wildman–Crippen LogP) is 4.33. The fourth-order valence-electron chi connectivity index (χ4n) is 0.701. The van der Waals surface area contributed by atoms with Gasteiger partial charge >= 0.3 is 16.5 Å². The molecule has 13 heavy (non-hydrogen) atoms. The summed E-state index contributed by atoms with van der Waals surface area (Å²) in [7, 11) is 0. The maximum absolute atomic E-state index is 3.28. The van der Waals surface area contributed by atoms with Gasteiger partial charge in [0.05, 0.1) is 0 Å². The summed E-state index contributed by atoms with van der Waals surface area (Å²) in [4.78, 5) is 0. The van der Waals surface area contributed by atoms with Gasteiger partial charge in [0.15, 0.2) is 0 Å². The first-order chi connectivity index (χ1) is 5.79. The molecule has 0 saturated carbocycles. The van der Waals surface area contributed by atoms with Crippen LogP contribution in [0.3, 0.4) is 0 Å². The molecule has 0 spiro atoms. The molecule has 0 radical (unpaired) electrons. The van der Waals surface area contributed by atoms with Gasteiger partial charge in [-0.25, -0.2) is 24.3 Å². The molecule has 0 fully saturated rings. The van der Waals surface area contributed by atoms with Crippen molar-refractivity contribution in [2.75, 3.05) is 0 Å². The van der Waals surface area contributed by atoms with E-state index in [2.05, 4.69) is 31.9 Å². The zero-order chi connectivity index (χ0) is 8.81. The Bertz CT molecular complexity index is 252. The molecule has 0 unspecified atom stereocenters. The van der Waals surface area contributed by atoms with Crippen LogP contribution in [0.15, 0.2) is 57.5 Å². The second kappa shape index (κ2) is 7.55. The smallest absolute Gasteiger partial charge is 0.213 e. The summed E-state index contributed by atoms with van der Waals surface area (Å²) < 4.78 is 2.31. The van der Waals surface area contributed by atoms with E-state index < -0.39 is 0 Å². The Kier molecular flexibility index (Phi) is 7.64. The molecular weight excluding hydrogens is 339 g/mol. The van der Waals surface area contributed by atoms with Crippen LogP contribution in [0.25, 0.3) is 0 Å². The van der Waals surface area contributed by atoms with Gasteiger partial charge in [0.25, 0.3) is 0 Å². The Balaban J connectivity index is 0.000000206. The zero-order valence-electron chi connectivity index (χ0n) is 6.69. The first-order valence-corrected chi connectivity index (χ1v) is 5.12. The van der Waals surface area contributed by atoms with Crippen LogP contribution in [0.2, 0.25) is 0 Å². The number of rotatable bonds is 0. The molecule has 0 bridgehead atoms. The number of hydrogen-bond acceptors (Lipinski definition) is 0. The van der Waals surface area contributed by atoms with E-state index in [0.717, 1.165) is 8.95 Å². The minimum absolute atomic E-state index is 0. The summed E-state index contributed by atoms with van der Waals surface area (Å²) in [5.41, 5.74) is 0. The minimum atomic E-state index is 0. The molecule has 0 saturated heterocycles. The fourth-order valence-corrected chi connectivity index (χ4v) is 1.31. The zero-order valence-corrected chi connectivity index (χ0v) is 10.9. The van der Waals surface area contributed by atoms with Crippen molar-refractivity contribution in [3.05, 3.63) is 57.5 Å². The summed E-state index contributed by atoms with van der Waals surface area (Å²) in [5, 5.41) is 0. The van der Waals surface area contributed by atoms with Crippen LogP contribution < -0.4 is 0 Å². The summed E-state index contributed by atoms with van der Waals surface area (Å²) in [6.07, 6.45) is 0. The van der Waals surface area contributed by atoms with Crippen LogP contribution in [-0.4, -0.2) is 0 Å². The quantitative estimate of drug-likeness (QED) is 0.492. The second-order valence-electron chi connectivity index (χ2n) is 2.21. The monoisotopic (exact) mass is 344 g/mol. The standard InChI is InChI=1S/2C5H4Br.Ni/c2*6-5-3-1-2-4-5;/h2*1-4H;/q2*-1;+2. The third-order valence-electron chi connectivity index (χ3n) is 1.24. The number of hydrogen-bond donors (Lipinski definition) is 0. The molecule has 0 aliphatic heterocycles. The maximum Gasteiger partial charge on any atom is 2.00 e. The van der Waals surface area contributed by atoms with Gasteiger partial charge in [-0.1, -0.05) is 8.95 Å². The van der Waals surface area contributed by atoms with Gasteiger partial charge in [-0.15, -0.1) is 31.9 Å². The molecule has 0 nitrogen and oxygen atoms in total. The Labute approximate surface area is 105 Å². The van der Waals surface area contributed by atoms with E-state index in [9.17, 15) is 0 Å². The van der Waals surface area contributed by atoms with Gasteiger partial charge in [-0.05, 0) is 0 Å². The molecule has 2 aromatic carbocycles. The second-order valence-corrected chi connectivity index (χ2v) is 4.04. The summed E-state index contributed by atoms with van der Waals surface area (Å²) in [5.74, 6) is 0. The van der Waals surface area contributed by atoms with Crippen molar-refractivity contribution < 1.29 is 16.5 Å². The Hall–Kier alpha value is 0.154. The van der Waals surface area contributed by atoms with Gasteiger partial charge < -0.3 is 0 Å². The Morgan fingerprint density at radius 2 is 0.846 bits per heavy atom. The third-order valence-corrected chi connectivity index (χ3v) is 2.30. The van der Waals surface area contributed by atoms with Crippen LogP contribution >= 0.6 is 31.9 Å². The predicted molar refractivity (Wildman–Crippen MR) is 59.5 cm³/mol. The topological polar surface area (TPSA) is 0 Å². The molecule has 0 aliphatic rings. The van der Waals surface area contributed by atoms with Crippen molar-refractivity contribution in [3.8, 4) is 0 Å². The average Bonchev–Trinajstić information content (AvgIpc) is 2.63. The molecular formula is C10H8Br2Ni. The first kappa shape index (κ1) is 13.2. The largest absolute Gasteiger partial charge is 2.00 e. The van der Waals surface area contributed by atoms with Crippen molar-refractivity contribution in [2.24, 2.45) is 0 Å². The summed E-state index contributed by atoms with van der Waals surface area (Å²) >= 11 is 6.56. The van der Waals surface area contributed by atoms with Crippen LogP contribution in [0.1, 0.15) is 0 Å². The molecule has 0 aromatic heterocycles. The molecule has 0 heterocycles. The van der Waals surface area contributed by atoms with Crippen LogP contribution in [0, 0.1) is 0 Å². The van der Waals surface area contributed by atoms with Crippen molar-refractivity contribution in [3.63, 3.8) is 0 Å². The van der Waals surface area contributed by atoms with Crippen molar-refractivity contribution >= 4 is 31.9 Å². The molecule has 0 atom stereocenters. The molecule has 0 aliphatic carbocycles. The van der Waals surface area contributed by atoms with Crippen molar-refractivity contribution in [1.29, 1.82) is 0 Å². The van der Waals surface area contributed by atoms with Crippen molar-refractivity contribution in [2.45, 2.75) is 0 Å². The van der Waals surface area contributed by atoms with Gasteiger partial charge in [0.1, 0.15) is 0 Å². The maximum atomic E-state index is 3.28.